The molecule has 2 aliphatic heterocycles. The van der Waals surface area contributed by atoms with Crippen LogP contribution in [0, 0.1) is 0 Å². The summed E-state index contributed by atoms with van der Waals surface area (Å²) in [6, 6.07) is 30.1. The van der Waals surface area contributed by atoms with Crippen LogP contribution in [0.5, 0.6) is 0 Å². The van der Waals surface area contributed by atoms with E-state index in [1.165, 1.54) is 6.21 Å². The second-order valence-corrected chi connectivity index (χ2v) is 16.9. The molecule has 4 heterocycles. The third kappa shape index (κ3) is 9.46. The average Bonchev–Trinajstić information content (AvgIpc) is 4.02. The van der Waals surface area contributed by atoms with Crippen LogP contribution < -0.4 is 22.1 Å². The first-order valence-electron chi connectivity index (χ1n) is 18.3. The first kappa shape index (κ1) is 43.1. The fourth-order valence-electron chi connectivity index (χ4n) is 6.53. The monoisotopic (exact) mass is 906 g/mol. The number of anilines is 2. The van der Waals surface area contributed by atoms with Crippen molar-refractivity contribution >= 4 is 105 Å². The van der Waals surface area contributed by atoms with Crippen LogP contribution in [0.2, 0.25) is 8.67 Å². The van der Waals surface area contributed by atoms with E-state index in [0.29, 0.717) is 35.1 Å². The highest BCUT2D eigenvalue weighted by molar-refractivity contribution is 7.18. The number of imide groups is 2. The number of carbonyl (C=O) groups excluding carboxylic acids is 6. The van der Waals surface area contributed by atoms with E-state index in [1.807, 2.05) is 0 Å². The molecule has 62 heavy (non-hydrogen) atoms. The highest BCUT2D eigenvalue weighted by Gasteiger charge is 2.39. The summed E-state index contributed by atoms with van der Waals surface area (Å²) in [6.45, 7) is -0.00276. The van der Waals surface area contributed by atoms with E-state index in [2.05, 4.69) is 20.8 Å². The highest BCUT2D eigenvalue weighted by atomic mass is 35.5. The van der Waals surface area contributed by atoms with Gasteiger partial charge in [0.1, 0.15) is 0 Å². The van der Waals surface area contributed by atoms with Crippen molar-refractivity contribution in [2.24, 2.45) is 21.7 Å². The van der Waals surface area contributed by atoms with Crippen LogP contribution in [-0.2, 0) is 19.7 Å². The van der Waals surface area contributed by atoms with Gasteiger partial charge in [0.25, 0.3) is 35.4 Å². The molecule has 0 bridgehead atoms. The first-order valence-corrected chi connectivity index (χ1v) is 20.7. The fourth-order valence-corrected chi connectivity index (χ4v) is 8.41. The van der Waals surface area contributed by atoms with E-state index >= 15 is 0 Å². The van der Waals surface area contributed by atoms with Gasteiger partial charge in [-0.1, -0.05) is 77.8 Å². The smallest absolute Gasteiger partial charge is 0.265 e. The number of nitrogens with one attached hydrogen (secondary N) is 2. The number of hydrogen-bond donors (Lipinski definition) is 5. The fraction of sp³-hybridized carbons (Fsp3) is 0.0698. The number of fused-ring (bicyclic) bond motifs is 2. The van der Waals surface area contributed by atoms with Crippen molar-refractivity contribution in [3.05, 3.63) is 172 Å². The van der Waals surface area contributed by atoms with Gasteiger partial charge < -0.3 is 27.2 Å². The minimum Gasteiger partial charge on any atom is -0.392 e. The number of carbonyl (C=O) groups is 6. The summed E-state index contributed by atoms with van der Waals surface area (Å²) in [6.07, 6.45) is 1.45. The standard InChI is InChI=1S/C22H17ClN6O3S.C21H15ClN2O4S/c23-17-8-7-16(33-17)19(30)27-15-6-2-5-14-18(15)21(32)29(20(14)31)11-13-4-1-3-12(9-13)10-26-28-22(24)25;22-17-8-7-16(29-17)19(26)23-15-6-2-5-14-18(15)21(28)24(20(14)27)10-12-3-1-4-13(9-12)11-25/h1-10H,11H2,(H,27,30)(H4,24,25,28);1-9,25H,10-11H2,(H,23,26)/b26-10+;. The lowest BCUT2D eigenvalue weighted by Gasteiger charge is -2.14. The maximum atomic E-state index is 13.1. The summed E-state index contributed by atoms with van der Waals surface area (Å²) in [5, 5.41) is 22.0. The van der Waals surface area contributed by atoms with Crippen molar-refractivity contribution in [3.8, 4) is 0 Å². The third-order valence-corrected chi connectivity index (χ3v) is 11.7. The zero-order chi connectivity index (χ0) is 44.1. The second-order valence-electron chi connectivity index (χ2n) is 13.5. The summed E-state index contributed by atoms with van der Waals surface area (Å²) in [4.78, 5) is 80.0. The van der Waals surface area contributed by atoms with Crippen molar-refractivity contribution < 1.29 is 33.9 Å². The normalized spacial score (nSPS) is 12.9. The van der Waals surface area contributed by atoms with Crippen LogP contribution in [0.1, 0.15) is 83.0 Å². The van der Waals surface area contributed by atoms with E-state index in [-0.39, 0.29) is 59.3 Å². The van der Waals surface area contributed by atoms with Crippen LogP contribution in [0.25, 0.3) is 0 Å². The average molecular weight is 908 g/mol. The molecule has 4 aromatic carbocycles. The molecule has 0 atom stereocenters. The van der Waals surface area contributed by atoms with E-state index in [4.69, 9.17) is 34.7 Å². The summed E-state index contributed by atoms with van der Waals surface area (Å²) >= 11 is 14.0. The van der Waals surface area contributed by atoms with Gasteiger partial charge >= 0.3 is 0 Å². The SMILES string of the molecule is NC(N)=N/N=C/c1cccc(CN2C(=O)c3cccc(NC(=O)c4ccc(Cl)s4)c3C2=O)c1.O=C(Nc1cccc2c1C(=O)N(Cc1cccc(CO)c1)C2=O)c1ccc(Cl)s1. The van der Waals surface area contributed by atoms with Crippen LogP contribution in [0.15, 0.2) is 119 Å². The van der Waals surface area contributed by atoms with Gasteiger partial charge in [0, 0.05) is 0 Å². The molecule has 0 fully saturated rings. The molecule has 7 N–H and O–H groups in total. The number of nitrogens with zero attached hydrogens (tertiary/aromatic N) is 4. The Labute approximate surface area is 370 Å². The van der Waals surface area contributed by atoms with Gasteiger partial charge in [-0.05, 0) is 76.9 Å². The molecule has 2 aromatic heterocycles. The van der Waals surface area contributed by atoms with Crippen LogP contribution in [0.3, 0.4) is 0 Å². The van der Waals surface area contributed by atoms with Crippen molar-refractivity contribution in [2.45, 2.75) is 19.7 Å². The molecule has 0 unspecified atom stereocenters. The topological polar surface area (TPSA) is 230 Å². The molecule has 6 amide bonds. The Morgan fingerprint density at radius 1 is 0.629 bits per heavy atom. The second kappa shape index (κ2) is 18.7. The Balaban J connectivity index is 0.000000188. The molecule has 6 aromatic rings. The largest absolute Gasteiger partial charge is 0.392 e. The van der Waals surface area contributed by atoms with Crippen LogP contribution in [-0.4, -0.2) is 62.5 Å². The maximum Gasteiger partial charge on any atom is 0.265 e. The minimum atomic E-state index is -0.491. The molecule has 0 aliphatic carbocycles. The molecule has 0 saturated carbocycles. The van der Waals surface area contributed by atoms with E-state index < -0.39 is 35.4 Å². The molecule has 8 rings (SSSR count). The number of halogens is 2. The van der Waals surface area contributed by atoms with E-state index in [0.717, 1.165) is 38.0 Å². The zero-order valence-corrected chi connectivity index (χ0v) is 35.1. The van der Waals surface area contributed by atoms with Gasteiger partial charge in [-0.25, -0.2) is 0 Å². The van der Waals surface area contributed by atoms with Crippen LogP contribution in [0.4, 0.5) is 11.4 Å². The third-order valence-electron chi connectivity index (χ3n) is 9.27. The van der Waals surface area contributed by atoms with Gasteiger partial charge in [-0.15, -0.1) is 27.8 Å². The predicted octanol–water partition coefficient (Wildman–Crippen LogP) is 7.00. The Hall–Kier alpha value is -7.02. The molecule has 0 saturated heterocycles. The quantitative estimate of drug-likeness (QED) is 0.0390. The van der Waals surface area contributed by atoms with Gasteiger partial charge in [-0.3, -0.25) is 38.6 Å². The van der Waals surface area contributed by atoms with Crippen molar-refractivity contribution in [1.29, 1.82) is 0 Å². The minimum absolute atomic E-state index is 0.0459. The molecule has 19 heteroatoms. The lowest BCUT2D eigenvalue weighted by atomic mass is 10.1. The lowest BCUT2D eigenvalue weighted by molar-refractivity contribution is 0.0627. The Bertz CT molecular complexity index is 2850. The van der Waals surface area contributed by atoms with Crippen molar-refractivity contribution in [2.75, 3.05) is 10.6 Å². The summed E-state index contributed by atoms with van der Waals surface area (Å²) in [5.74, 6) is -2.80. The van der Waals surface area contributed by atoms with Gasteiger partial charge in [0.2, 0.25) is 5.96 Å². The number of benzene rings is 4. The van der Waals surface area contributed by atoms with Gasteiger partial charge in [0.05, 0.1) is 78.0 Å². The Morgan fingerprint density at radius 3 is 1.56 bits per heavy atom. The summed E-state index contributed by atoms with van der Waals surface area (Å²) < 4.78 is 0.956. The Kier molecular flexibility index (Phi) is 13.0. The van der Waals surface area contributed by atoms with Gasteiger partial charge in [0.15, 0.2) is 0 Å². The van der Waals surface area contributed by atoms with Crippen LogP contribution >= 0.6 is 45.9 Å². The number of rotatable bonds is 11. The first-order chi connectivity index (χ1) is 29.8. The summed E-state index contributed by atoms with van der Waals surface area (Å²) in [7, 11) is 0. The molecular weight excluding hydrogens is 876 g/mol. The summed E-state index contributed by atoms with van der Waals surface area (Å²) in [5.41, 5.74) is 14.7. The lowest BCUT2D eigenvalue weighted by Crippen LogP contribution is -2.29. The molecule has 0 spiro atoms. The highest BCUT2D eigenvalue weighted by Crippen LogP contribution is 2.33. The number of nitrogens with two attached hydrogens (primary N) is 2. The van der Waals surface area contributed by atoms with Gasteiger partial charge in [-0.2, -0.15) is 5.10 Å². The number of amides is 6. The number of aliphatic hydroxyl groups excluding tert-OH is 1. The number of hydrogen-bond acceptors (Lipinski definition) is 11. The molecule has 2 aliphatic rings. The zero-order valence-electron chi connectivity index (χ0n) is 32.0. The maximum absolute atomic E-state index is 13.1. The number of guanidine groups is 1. The number of aliphatic hydroxyl groups is 1. The van der Waals surface area contributed by atoms with Crippen molar-refractivity contribution in [1.82, 2.24) is 9.80 Å². The molecule has 312 valence electrons. The van der Waals surface area contributed by atoms with Crippen molar-refractivity contribution in [3.63, 3.8) is 0 Å². The Morgan fingerprint density at radius 2 is 1.10 bits per heavy atom. The predicted molar refractivity (Wildman–Crippen MR) is 238 cm³/mol. The van der Waals surface area contributed by atoms with E-state index in [9.17, 15) is 33.9 Å². The number of thiophene rings is 2. The molecule has 0 radical (unpaired) electrons. The molecular formula is C43H32Cl2N8O7S2. The molecule has 15 nitrogen and oxygen atoms in total. The van der Waals surface area contributed by atoms with E-state index in [1.54, 1.807) is 109 Å².